The summed E-state index contributed by atoms with van der Waals surface area (Å²) in [6, 6.07) is 1.03. The Morgan fingerprint density at radius 1 is 1.56 bits per heavy atom. The molecule has 2 heterocycles. The first kappa shape index (κ1) is 12.2. The monoisotopic (exact) mass is 267 g/mol. The first-order chi connectivity index (χ1) is 8.58. The maximum atomic E-state index is 11.6. The van der Waals surface area contributed by atoms with Gasteiger partial charge in [0.1, 0.15) is 5.01 Å². The molecule has 94 valence electrons. The van der Waals surface area contributed by atoms with E-state index in [1.54, 1.807) is 6.92 Å². The largest absolute Gasteiger partial charge is 0.476 e. The van der Waals surface area contributed by atoms with E-state index in [2.05, 4.69) is 15.5 Å². The van der Waals surface area contributed by atoms with Crippen molar-refractivity contribution < 1.29 is 19.2 Å². The molecule has 0 aliphatic rings. The third kappa shape index (κ3) is 2.54. The summed E-state index contributed by atoms with van der Waals surface area (Å²) in [6.45, 7) is 1.71. The van der Waals surface area contributed by atoms with E-state index in [4.69, 9.17) is 9.63 Å². The number of carbonyl (C=O) groups is 2. The second-order valence-electron chi connectivity index (χ2n) is 3.45. The van der Waals surface area contributed by atoms with Crippen molar-refractivity contribution in [2.45, 2.75) is 13.0 Å². The molecular formula is C10H9N3O4S. The molecule has 0 saturated carbocycles. The number of amides is 1. The third-order valence-electron chi connectivity index (χ3n) is 2.12. The molecule has 0 aliphatic carbocycles. The first-order valence-corrected chi connectivity index (χ1v) is 5.86. The van der Waals surface area contributed by atoms with Gasteiger partial charge in [0.15, 0.2) is 5.69 Å². The highest BCUT2D eigenvalue weighted by Crippen LogP contribution is 2.18. The van der Waals surface area contributed by atoms with E-state index in [0.717, 1.165) is 0 Å². The molecule has 2 rings (SSSR count). The number of thiazole rings is 1. The number of carboxylic acid groups (broad SMARTS) is 1. The van der Waals surface area contributed by atoms with Crippen molar-refractivity contribution in [3.8, 4) is 0 Å². The minimum Gasteiger partial charge on any atom is -0.476 e. The van der Waals surface area contributed by atoms with Crippen molar-refractivity contribution in [1.29, 1.82) is 0 Å². The minimum atomic E-state index is -1.09. The van der Waals surface area contributed by atoms with Crippen molar-refractivity contribution in [2.24, 2.45) is 0 Å². The van der Waals surface area contributed by atoms with Gasteiger partial charge in [-0.2, -0.15) is 0 Å². The van der Waals surface area contributed by atoms with Crippen LogP contribution in [0.2, 0.25) is 0 Å². The van der Waals surface area contributed by atoms with Crippen LogP contribution in [0, 0.1) is 0 Å². The van der Waals surface area contributed by atoms with E-state index in [-0.39, 0.29) is 11.5 Å². The highest BCUT2D eigenvalue weighted by Gasteiger charge is 2.18. The van der Waals surface area contributed by atoms with Crippen LogP contribution in [0.15, 0.2) is 22.2 Å². The molecule has 0 spiro atoms. The van der Waals surface area contributed by atoms with Gasteiger partial charge in [-0.15, -0.1) is 11.3 Å². The third-order valence-corrected chi connectivity index (χ3v) is 3.15. The number of hydrogen-bond acceptors (Lipinski definition) is 6. The van der Waals surface area contributed by atoms with Gasteiger partial charge < -0.3 is 14.9 Å². The summed E-state index contributed by atoms with van der Waals surface area (Å²) < 4.78 is 4.70. The van der Waals surface area contributed by atoms with Gasteiger partial charge in [-0.3, -0.25) is 4.79 Å². The Hall–Kier alpha value is -2.22. The van der Waals surface area contributed by atoms with Gasteiger partial charge in [0.05, 0.1) is 12.2 Å². The standard InChI is InChI=1S/C10H9N3O4S/c1-5(9-13-6(4-18-9)10(15)16)12-8(14)7-2-3-11-17-7/h2-5H,1H3,(H,12,14)(H,15,16). The lowest BCUT2D eigenvalue weighted by Crippen LogP contribution is -2.26. The van der Waals surface area contributed by atoms with E-state index < -0.39 is 17.9 Å². The van der Waals surface area contributed by atoms with E-state index in [1.807, 2.05) is 0 Å². The van der Waals surface area contributed by atoms with Crippen LogP contribution in [0.3, 0.4) is 0 Å². The van der Waals surface area contributed by atoms with Gasteiger partial charge in [-0.25, -0.2) is 9.78 Å². The molecule has 18 heavy (non-hydrogen) atoms. The molecule has 0 saturated heterocycles. The normalized spacial score (nSPS) is 12.1. The molecule has 0 aliphatic heterocycles. The molecule has 1 amide bonds. The molecule has 0 fully saturated rings. The van der Waals surface area contributed by atoms with Crippen LogP contribution in [-0.4, -0.2) is 27.1 Å². The topological polar surface area (TPSA) is 105 Å². The maximum Gasteiger partial charge on any atom is 0.355 e. The Bertz CT molecular complexity index is 563. The van der Waals surface area contributed by atoms with E-state index in [1.165, 1.54) is 29.0 Å². The fraction of sp³-hybridized carbons (Fsp3) is 0.200. The summed E-state index contributed by atoms with van der Waals surface area (Å²) >= 11 is 1.17. The molecule has 0 bridgehead atoms. The summed E-state index contributed by atoms with van der Waals surface area (Å²) in [7, 11) is 0. The zero-order valence-electron chi connectivity index (χ0n) is 9.28. The van der Waals surface area contributed by atoms with Crippen LogP contribution in [0.25, 0.3) is 0 Å². The minimum absolute atomic E-state index is 0.0317. The van der Waals surface area contributed by atoms with E-state index in [0.29, 0.717) is 5.01 Å². The van der Waals surface area contributed by atoms with Crippen LogP contribution in [0.4, 0.5) is 0 Å². The SMILES string of the molecule is CC(NC(=O)c1ccno1)c1nc(C(=O)O)cs1. The second-order valence-corrected chi connectivity index (χ2v) is 4.34. The van der Waals surface area contributed by atoms with Crippen LogP contribution < -0.4 is 5.32 Å². The van der Waals surface area contributed by atoms with Gasteiger partial charge in [-0.1, -0.05) is 5.16 Å². The van der Waals surface area contributed by atoms with Crippen molar-refractivity contribution in [2.75, 3.05) is 0 Å². The lowest BCUT2D eigenvalue weighted by atomic mass is 10.3. The predicted molar refractivity (Wildman–Crippen MR) is 61.5 cm³/mol. The first-order valence-electron chi connectivity index (χ1n) is 4.98. The summed E-state index contributed by atoms with van der Waals surface area (Å²) in [4.78, 5) is 26.2. The number of aromatic nitrogens is 2. The summed E-state index contributed by atoms with van der Waals surface area (Å²) in [5.74, 6) is -1.42. The quantitative estimate of drug-likeness (QED) is 0.865. The molecular weight excluding hydrogens is 258 g/mol. The predicted octanol–water partition coefficient (Wildman–Crippen LogP) is 1.32. The molecule has 2 aromatic rings. The fourth-order valence-electron chi connectivity index (χ4n) is 1.25. The van der Waals surface area contributed by atoms with E-state index in [9.17, 15) is 9.59 Å². The fourth-order valence-corrected chi connectivity index (χ4v) is 2.05. The number of aromatic carboxylic acids is 1. The lowest BCUT2D eigenvalue weighted by molar-refractivity contribution is 0.0691. The van der Waals surface area contributed by atoms with Crippen molar-refractivity contribution in [3.63, 3.8) is 0 Å². The van der Waals surface area contributed by atoms with Gasteiger partial charge in [0, 0.05) is 11.4 Å². The van der Waals surface area contributed by atoms with Gasteiger partial charge in [0.2, 0.25) is 5.76 Å². The molecule has 7 nitrogen and oxygen atoms in total. The zero-order chi connectivity index (χ0) is 13.1. The zero-order valence-corrected chi connectivity index (χ0v) is 10.1. The average Bonchev–Trinajstić information content (AvgIpc) is 3.00. The average molecular weight is 267 g/mol. The highest BCUT2D eigenvalue weighted by molar-refractivity contribution is 7.09. The Morgan fingerprint density at radius 3 is 2.89 bits per heavy atom. The van der Waals surface area contributed by atoms with Crippen molar-refractivity contribution in [1.82, 2.24) is 15.5 Å². The van der Waals surface area contributed by atoms with Crippen LogP contribution in [0.1, 0.15) is 39.0 Å². The maximum absolute atomic E-state index is 11.6. The van der Waals surface area contributed by atoms with Gasteiger partial charge in [0.25, 0.3) is 5.91 Å². The number of hydrogen-bond donors (Lipinski definition) is 2. The number of carboxylic acids is 1. The molecule has 2 aromatic heterocycles. The number of nitrogens with one attached hydrogen (secondary N) is 1. The lowest BCUT2D eigenvalue weighted by Gasteiger charge is -2.08. The summed E-state index contributed by atoms with van der Waals surface area (Å²) in [5, 5.41) is 16.7. The molecule has 1 atom stereocenters. The van der Waals surface area contributed by atoms with Crippen molar-refractivity contribution >= 4 is 23.2 Å². The van der Waals surface area contributed by atoms with Gasteiger partial charge in [-0.05, 0) is 6.92 Å². The van der Waals surface area contributed by atoms with Gasteiger partial charge >= 0.3 is 5.97 Å². The Kier molecular flexibility index (Phi) is 3.38. The summed E-state index contributed by atoms with van der Waals surface area (Å²) in [5.41, 5.74) is -0.0317. The molecule has 0 aromatic carbocycles. The number of rotatable bonds is 4. The highest BCUT2D eigenvalue weighted by atomic mass is 32.1. The molecule has 2 N–H and O–H groups in total. The Morgan fingerprint density at radius 2 is 2.33 bits per heavy atom. The van der Waals surface area contributed by atoms with Crippen LogP contribution in [0.5, 0.6) is 0 Å². The Balaban J connectivity index is 2.05. The molecule has 0 radical (unpaired) electrons. The van der Waals surface area contributed by atoms with E-state index >= 15 is 0 Å². The molecule has 8 heteroatoms. The van der Waals surface area contributed by atoms with Crippen molar-refractivity contribution in [3.05, 3.63) is 34.1 Å². The number of nitrogens with zero attached hydrogens (tertiary/aromatic N) is 2. The summed E-state index contributed by atoms with van der Waals surface area (Å²) in [6.07, 6.45) is 1.37. The van der Waals surface area contributed by atoms with Crippen LogP contribution >= 0.6 is 11.3 Å². The smallest absolute Gasteiger partial charge is 0.355 e. The Labute approximate surface area is 105 Å². The molecule has 1 unspecified atom stereocenters. The second kappa shape index (κ2) is 4.96. The number of carbonyl (C=O) groups excluding carboxylic acids is 1. The van der Waals surface area contributed by atoms with Crippen LogP contribution in [-0.2, 0) is 0 Å².